The topological polar surface area (TPSA) is 29.5 Å². The molecule has 0 bridgehead atoms. The fraction of sp³-hybridized carbons (Fsp3) is 0.462. The van der Waals surface area contributed by atoms with E-state index in [0.29, 0.717) is 19.8 Å². The summed E-state index contributed by atoms with van der Waals surface area (Å²) in [6.45, 7) is 4.87. The molecule has 0 saturated carbocycles. The van der Waals surface area contributed by atoms with Crippen LogP contribution in [0.2, 0.25) is 0 Å². The van der Waals surface area contributed by atoms with Crippen molar-refractivity contribution in [3.05, 3.63) is 30.3 Å². The quantitative estimate of drug-likeness (QED) is 0.691. The Morgan fingerprint density at radius 1 is 1.25 bits per heavy atom. The molecule has 88 valence electrons. The van der Waals surface area contributed by atoms with Crippen LogP contribution in [0.5, 0.6) is 0 Å². The lowest BCUT2D eigenvalue weighted by atomic mass is 10.2. The number of ether oxygens (including phenoxy) is 1. The number of hydrogen-bond donors (Lipinski definition) is 0. The van der Waals surface area contributed by atoms with Gasteiger partial charge in [0.05, 0.1) is 0 Å². The highest BCUT2D eigenvalue weighted by atomic mass is 16.5. The Hall–Kier alpha value is -1.35. The van der Waals surface area contributed by atoms with Crippen LogP contribution >= 0.6 is 0 Å². The number of para-hydroxylation sites is 1. The Kier molecular flexibility index (Phi) is 5.57. The first-order chi connectivity index (χ1) is 7.79. The van der Waals surface area contributed by atoms with Gasteiger partial charge in [-0.2, -0.15) is 0 Å². The van der Waals surface area contributed by atoms with Crippen LogP contribution in [-0.4, -0.2) is 19.2 Å². The molecule has 0 atom stereocenters. The standard InChI is InChI=1S/C13H19NO2/c1-3-8-13(15)14(11-16-4-2)12-9-6-5-7-10-12/h5-7,9-10H,3-4,8,11H2,1-2H3. The van der Waals surface area contributed by atoms with Crippen molar-refractivity contribution in [3.8, 4) is 0 Å². The minimum Gasteiger partial charge on any atom is -0.361 e. The molecule has 0 N–H and O–H groups in total. The van der Waals surface area contributed by atoms with Crippen molar-refractivity contribution < 1.29 is 9.53 Å². The maximum Gasteiger partial charge on any atom is 0.228 e. The summed E-state index contributed by atoms with van der Waals surface area (Å²) in [7, 11) is 0. The van der Waals surface area contributed by atoms with Gasteiger partial charge >= 0.3 is 0 Å². The van der Waals surface area contributed by atoms with Crippen molar-refractivity contribution in [2.45, 2.75) is 26.7 Å². The molecule has 0 fully saturated rings. The van der Waals surface area contributed by atoms with E-state index < -0.39 is 0 Å². The molecule has 0 spiro atoms. The van der Waals surface area contributed by atoms with Crippen LogP contribution < -0.4 is 4.90 Å². The van der Waals surface area contributed by atoms with E-state index in [1.54, 1.807) is 4.90 Å². The van der Waals surface area contributed by atoms with E-state index in [2.05, 4.69) is 0 Å². The van der Waals surface area contributed by atoms with Gasteiger partial charge in [-0.1, -0.05) is 25.1 Å². The zero-order valence-corrected chi connectivity index (χ0v) is 9.98. The summed E-state index contributed by atoms with van der Waals surface area (Å²) in [5, 5.41) is 0. The molecule has 1 aromatic rings. The highest BCUT2D eigenvalue weighted by Crippen LogP contribution is 2.14. The minimum absolute atomic E-state index is 0.113. The second kappa shape index (κ2) is 7.01. The first-order valence-corrected chi connectivity index (χ1v) is 5.72. The van der Waals surface area contributed by atoms with Gasteiger partial charge in [-0.3, -0.25) is 9.69 Å². The Bertz CT molecular complexity index is 311. The average molecular weight is 221 g/mol. The second-order valence-electron chi connectivity index (χ2n) is 3.53. The van der Waals surface area contributed by atoms with E-state index in [-0.39, 0.29) is 5.91 Å². The van der Waals surface area contributed by atoms with E-state index in [1.807, 2.05) is 44.2 Å². The number of anilines is 1. The highest BCUT2D eigenvalue weighted by Gasteiger charge is 2.13. The lowest BCUT2D eigenvalue weighted by Crippen LogP contribution is -2.32. The van der Waals surface area contributed by atoms with Gasteiger partial charge in [0.15, 0.2) is 0 Å². The summed E-state index contributed by atoms with van der Waals surface area (Å²) in [6.07, 6.45) is 1.41. The third kappa shape index (κ3) is 3.66. The lowest BCUT2D eigenvalue weighted by molar-refractivity contribution is -0.119. The molecule has 0 aliphatic rings. The predicted molar refractivity (Wildman–Crippen MR) is 65.3 cm³/mol. The molecule has 0 unspecified atom stereocenters. The van der Waals surface area contributed by atoms with Crippen LogP contribution in [0, 0.1) is 0 Å². The van der Waals surface area contributed by atoms with Gasteiger partial charge in [0.2, 0.25) is 5.91 Å². The number of rotatable bonds is 6. The number of nitrogens with zero attached hydrogens (tertiary/aromatic N) is 1. The molecule has 0 radical (unpaired) electrons. The fourth-order valence-corrected chi connectivity index (χ4v) is 1.43. The van der Waals surface area contributed by atoms with E-state index in [4.69, 9.17) is 4.74 Å². The summed E-state index contributed by atoms with van der Waals surface area (Å²) in [5.74, 6) is 0.113. The molecule has 1 amide bonds. The van der Waals surface area contributed by atoms with Crippen LogP contribution in [-0.2, 0) is 9.53 Å². The van der Waals surface area contributed by atoms with E-state index in [1.165, 1.54) is 0 Å². The van der Waals surface area contributed by atoms with E-state index in [0.717, 1.165) is 12.1 Å². The molecule has 3 heteroatoms. The zero-order chi connectivity index (χ0) is 11.8. The molecule has 0 aliphatic heterocycles. The first kappa shape index (κ1) is 12.7. The smallest absolute Gasteiger partial charge is 0.228 e. The summed E-state index contributed by atoms with van der Waals surface area (Å²) in [6, 6.07) is 9.63. The SMILES string of the molecule is CCCC(=O)N(COCC)c1ccccc1. The van der Waals surface area contributed by atoms with Gasteiger partial charge in [-0.25, -0.2) is 0 Å². The highest BCUT2D eigenvalue weighted by molar-refractivity contribution is 5.93. The molecular formula is C13H19NO2. The summed E-state index contributed by atoms with van der Waals surface area (Å²) in [4.78, 5) is 13.6. The van der Waals surface area contributed by atoms with Gasteiger partial charge < -0.3 is 4.74 Å². The normalized spacial score (nSPS) is 10.1. The monoisotopic (exact) mass is 221 g/mol. The second-order valence-corrected chi connectivity index (χ2v) is 3.53. The molecule has 0 aliphatic carbocycles. The molecule has 0 aromatic heterocycles. The molecule has 1 aromatic carbocycles. The van der Waals surface area contributed by atoms with Crippen molar-refractivity contribution in [2.75, 3.05) is 18.2 Å². The molecular weight excluding hydrogens is 202 g/mol. The minimum atomic E-state index is 0.113. The van der Waals surface area contributed by atoms with Crippen LogP contribution in [0.4, 0.5) is 5.69 Å². The van der Waals surface area contributed by atoms with Crippen molar-refractivity contribution >= 4 is 11.6 Å². The van der Waals surface area contributed by atoms with Gasteiger partial charge in [-0.05, 0) is 25.5 Å². The Morgan fingerprint density at radius 2 is 1.94 bits per heavy atom. The number of carbonyl (C=O) groups is 1. The Morgan fingerprint density at radius 3 is 2.50 bits per heavy atom. The first-order valence-electron chi connectivity index (χ1n) is 5.72. The Labute approximate surface area is 97.0 Å². The number of benzene rings is 1. The van der Waals surface area contributed by atoms with Gasteiger partial charge in [0.1, 0.15) is 6.73 Å². The summed E-state index contributed by atoms with van der Waals surface area (Å²) in [5.41, 5.74) is 0.898. The zero-order valence-electron chi connectivity index (χ0n) is 9.98. The average Bonchev–Trinajstić information content (AvgIpc) is 2.31. The number of amides is 1. The van der Waals surface area contributed by atoms with Crippen LogP contribution in [0.25, 0.3) is 0 Å². The Balaban J connectivity index is 2.74. The van der Waals surface area contributed by atoms with Crippen molar-refractivity contribution in [1.29, 1.82) is 0 Å². The third-order valence-corrected chi connectivity index (χ3v) is 2.26. The molecule has 0 saturated heterocycles. The van der Waals surface area contributed by atoms with Gasteiger partial charge in [-0.15, -0.1) is 0 Å². The maximum atomic E-state index is 11.9. The third-order valence-electron chi connectivity index (χ3n) is 2.26. The molecule has 1 rings (SSSR count). The summed E-state index contributed by atoms with van der Waals surface area (Å²) < 4.78 is 5.32. The molecule has 16 heavy (non-hydrogen) atoms. The van der Waals surface area contributed by atoms with Gasteiger partial charge in [0.25, 0.3) is 0 Å². The van der Waals surface area contributed by atoms with Crippen LogP contribution in [0.3, 0.4) is 0 Å². The van der Waals surface area contributed by atoms with Crippen molar-refractivity contribution in [3.63, 3.8) is 0 Å². The summed E-state index contributed by atoms with van der Waals surface area (Å²) >= 11 is 0. The van der Waals surface area contributed by atoms with E-state index >= 15 is 0 Å². The lowest BCUT2D eigenvalue weighted by Gasteiger charge is -2.22. The number of carbonyl (C=O) groups excluding carboxylic acids is 1. The fourth-order valence-electron chi connectivity index (χ4n) is 1.43. The van der Waals surface area contributed by atoms with Crippen molar-refractivity contribution in [1.82, 2.24) is 0 Å². The van der Waals surface area contributed by atoms with Gasteiger partial charge in [0, 0.05) is 18.7 Å². The molecule has 3 nitrogen and oxygen atoms in total. The van der Waals surface area contributed by atoms with Crippen LogP contribution in [0.1, 0.15) is 26.7 Å². The predicted octanol–water partition coefficient (Wildman–Crippen LogP) is 2.81. The number of hydrogen-bond acceptors (Lipinski definition) is 2. The van der Waals surface area contributed by atoms with Crippen LogP contribution in [0.15, 0.2) is 30.3 Å². The maximum absolute atomic E-state index is 11.9. The van der Waals surface area contributed by atoms with Crippen molar-refractivity contribution in [2.24, 2.45) is 0 Å². The molecule has 0 heterocycles. The van der Waals surface area contributed by atoms with E-state index in [9.17, 15) is 4.79 Å². The largest absolute Gasteiger partial charge is 0.361 e.